The second-order valence-corrected chi connectivity index (χ2v) is 5.57. The van der Waals surface area contributed by atoms with Crippen molar-refractivity contribution < 1.29 is 0 Å². The van der Waals surface area contributed by atoms with Crippen LogP contribution in [0, 0.1) is 18.3 Å². The summed E-state index contributed by atoms with van der Waals surface area (Å²) < 4.78 is 1.87. The van der Waals surface area contributed by atoms with E-state index in [1.165, 1.54) is 0 Å². The molecule has 0 spiro atoms. The summed E-state index contributed by atoms with van der Waals surface area (Å²) in [5, 5.41) is 12.4. The second kappa shape index (κ2) is 5.55. The van der Waals surface area contributed by atoms with Crippen molar-refractivity contribution in [2.75, 3.05) is 5.32 Å². The Morgan fingerprint density at radius 2 is 1.89 bits per heavy atom. The highest BCUT2D eigenvalue weighted by Crippen LogP contribution is 2.28. The molecule has 0 aliphatic rings. The molecular weight excluding hydrogens is 356 g/mol. The minimum absolute atomic E-state index is 0.609. The lowest BCUT2D eigenvalue weighted by Gasteiger charge is -2.10. The van der Waals surface area contributed by atoms with E-state index in [1.54, 1.807) is 0 Å². The molecular formula is C14H10Br2N2. The highest BCUT2D eigenvalue weighted by Gasteiger charge is 2.06. The van der Waals surface area contributed by atoms with E-state index in [0.29, 0.717) is 5.56 Å². The van der Waals surface area contributed by atoms with E-state index < -0.39 is 0 Å². The van der Waals surface area contributed by atoms with Crippen LogP contribution < -0.4 is 5.32 Å². The first-order valence-electron chi connectivity index (χ1n) is 5.33. The lowest BCUT2D eigenvalue weighted by molar-refractivity contribution is 1.40. The molecule has 0 fully saturated rings. The van der Waals surface area contributed by atoms with Crippen LogP contribution in [0.4, 0.5) is 11.4 Å². The molecule has 0 aromatic heterocycles. The van der Waals surface area contributed by atoms with Crippen LogP contribution in [0.5, 0.6) is 0 Å². The maximum Gasteiger partial charge on any atom is 0.103 e. The fourth-order valence-corrected chi connectivity index (χ4v) is 2.32. The molecule has 0 bridgehead atoms. The summed E-state index contributed by atoms with van der Waals surface area (Å²) in [6, 6.07) is 13.8. The van der Waals surface area contributed by atoms with E-state index in [2.05, 4.69) is 43.2 Å². The van der Waals surface area contributed by atoms with Crippen LogP contribution in [0.15, 0.2) is 45.3 Å². The van der Waals surface area contributed by atoms with Crippen LogP contribution >= 0.6 is 31.9 Å². The third kappa shape index (κ3) is 2.74. The summed E-state index contributed by atoms with van der Waals surface area (Å²) in [6.45, 7) is 2.03. The predicted molar refractivity (Wildman–Crippen MR) is 81.0 cm³/mol. The Morgan fingerprint density at radius 3 is 2.56 bits per heavy atom. The third-order valence-corrected chi connectivity index (χ3v) is 4.11. The van der Waals surface area contributed by atoms with Crippen LogP contribution in [-0.4, -0.2) is 0 Å². The van der Waals surface area contributed by atoms with Gasteiger partial charge < -0.3 is 5.32 Å². The molecule has 0 amide bonds. The van der Waals surface area contributed by atoms with Gasteiger partial charge in [-0.1, -0.05) is 22.0 Å². The Hall–Kier alpha value is -1.31. The van der Waals surface area contributed by atoms with Gasteiger partial charge in [0.15, 0.2) is 0 Å². The maximum atomic E-state index is 9.15. The van der Waals surface area contributed by atoms with Gasteiger partial charge in [0.25, 0.3) is 0 Å². The zero-order chi connectivity index (χ0) is 13.1. The number of rotatable bonds is 2. The van der Waals surface area contributed by atoms with Crippen molar-refractivity contribution >= 4 is 43.2 Å². The standard InChI is InChI=1S/C14H10Br2N2/c1-9-7-10(5-6-12(9)15)18-14-4-2-3-13(16)11(14)8-17/h2-7,18H,1H3. The van der Waals surface area contributed by atoms with Crippen molar-refractivity contribution in [1.82, 2.24) is 0 Å². The van der Waals surface area contributed by atoms with Crippen LogP contribution in [-0.2, 0) is 0 Å². The van der Waals surface area contributed by atoms with Gasteiger partial charge in [-0.05, 0) is 58.7 Å². The number of nitrogens with zero attached hydrogens (tertiary/aromatic N) is 1. The normalized spacial score (nSPS) is 9.89. The molecule has 2 aromatic carbocycles. The first-order valence-corrected chi connectivity index (χ1v) is 6.92. The molecule has 1 N–H and O–H groups in total. The lowest BCUT2D eigenvalue weighted by atomic mass is 10.1. The SMILES string of the molecule is Cc1cc(Nc2cccc(Br)c2C#N)ccc1Br. The minimum atomic E-state index is 0.609. The summed E-state index contributed by atoms with van der Waals surface area (Å²) in [5.41, 5.74) is 3.52. The number of aryl methyl sites for hydroxylation is 1. The summed E-state index contributed by atoms with van der Waals surface area (Å²) in [7, 11) is 0. The fraction of sp³-hybridized carbons (Fsp3) is 0.0714. The molecule has 0 aliphatic carbocycles. The van der Waals surface area contributed by atoms with E-state index in [9.17, 15) is 0 Å². The second-order valence-electron chi connectivity index (χ2n) is 3.86. The molecule has 0 saturated heterocycles. The minimum Gasteiger partial charge on any atom is -0.354 e. The molecule has 90 valence electrons. The van der Waals surface area contributed by atoms with E-state index in [-0.39, 0.29) is 0 Å². The Balaban J connectivity index is 2.37. The highest BCUT2D eigenvalue weighted by molar-refractivity contribution is 9.10. The number of nitrogens with one attached hydrogen (secondary N) is 1. The van der Waals surface area contributed by atoms with Gasteiger partial charge in [-0.3, -0.25) is 0 Å². The van der Waals surface area contributed by atoms with Crippen LogP contribution in [0.3, 0.4) is 0 Å². The zero-order valence-corrected chi connectivity index (χ0v) is 12.8. The number of halogens is 2. The van der Waals surface area contributed by atoms with Gasteiger partial charge in [0, 0.05) is 14.6 Å². The summed E-state index contributed by atoms with van der Waals surface area (Å²) in [4.78, 5) is 0. The van der Waals surface area contributed by atoms with Crippen molar-refractivity contribution in [1.29, 1.82) is 5.26 Å². The van der Waals surface area contributed by atoms with Gasteiger partial charge in [-0.15, -0.1) is 0 Å². The molecule has 0 atom stereocenters. The fourth-order valence-electron chi connectivity index (χ4n) is 1.62. The number of hydrogen-bond donors (Lipinski definition) is 1. The molecule has 2 aromatic rings. The third-order valence-electron chi connectivity index (χ3n) is 2.56. The summed E-state index contributed by atoms with van der Waals surface area (Å²) in [6.07, 6.45) is 0. The van der Waals surface area contributed by atoms with Gasteiger partial charge in [0.05, 0.1) is 11.3 Å². The van der Waals surface area contributed by atoms with Crippen molar-refractivity contribution in [2.45, 2.75) is 6.92 Å². The van der Waals surface area contributed by atoms with Gasteiger partial charge in [-0.2, -0.15) is 5.26 Å². The first-order chi connectivity index (χ1) is 8.61. The molecule has 0 aliphatic heterocycles. The summed E-state index contributed by atoms with van der Waals surface area (Å²) >= 11 is 6.84. The van der Waals surface area contributed by atoms with Crippen molar-refractivity contribution in [3.8, 4) is 6.07 Å². The van der Waals surface area contributed by atoms with Crippen LogP contribution in [0.2, 0.25) is 0 Å². The van der Waals surface area contributed by atoms with E-state index in [0.717, 1.165) is 25.9 Å². The van der Waals surface area contributed by atoms with Gasteiger partial charge in [0.2, 0.25) is 0 Å². The van der Waals surface area contributed by atoms with E-state index in [4.69, 9.17) is 5.26 Å². The van der Waals surface area contributed by atoms with Crippen molar-refractivity contribution in [3.05, 3.63) is 56.5 Å². The molecule has 4 heteroatoms. The first kappa shape index (κ1) is 13.1. The number of nitriles is 1. The Morgan fingerprint density at radius 1 is 1.11 bits per heavy atom. The maximum absolute atomic E-state index is 9.15. The smallest absolute Gasteiger partial charge is 0.103 e. The quantitative estimate of drug-likeness (QED) is 0.800. The molecule has 0 radical (unpaired) electrons. The van der Waals surface area contributed by atoms with Crippen LogP contribution in [0.25, 0.3) is 0 Å². The highest BCUT2D eigenvalue weighted by atomic mass is 79.9. The summed E-state index contributed by atoms with van der Waals surface area (Å²) in [5.74, 6) is 0. The number of benzene rings is 2. The number of hydrogen-bond acceptors (Lipinski definition) is 2. The lowest BCUT2D eigenvalue weighted by Crippen LogP contribution is -1.94. The largest absolute Gasteiger partial charge is 0.354 e. The molecule has 0 saturated carbocycles. The monoisotopic (exact) mass is 364 g/mol. The average Bonchev–Trinajstić information content (AvgIpc) is 2.34. The van der Waals surface area contributed by atoms with E-state index in [1.807, 2.05) is 43.3 Å². The van der Waals surface area contributed by atoms with Crippen LogP contribution in [0.1, 0.15) is 11.1 Å². The van der Waals surface area contributed by atoms with Gasteiger partial charge in [0.1, 0.15) is 6.07 Å². The number of anilines is 2. The zero-order valence-electron chi connectivity index (χ0n) is 9.67. The Kier molecular flexibility index (Phi) is 4.05. The molecule has 18 heavy (non-hydrogen) atoms. The average molecular weight is 366 g/mol. The Bertz CT molecular complexity index is 630. The van der Waals surface area contributed by atoms with Crippen molar-refractivity contribution in [2.24, 2.45) is 0 Å². The molecule has 0 heterocycles. The van der Waals surface area contributed by atoms with E-state index >= 15 is 0 Å². The predicted octanol–water partition coefficient (Wildman–Crippen LogP) is 5.14. The molecule has 2 nitrogen and oxygen atoms in total. The van der Waals surface area contributed by atoms with Crippen molar-refractivity contribution in [3.63, 3.8) is 0 Å². The van der Waals surface area contributed by atoms with Gasteiger partial charge >= 0.3 is 0 Å². The molecule has 2 rings (SSSR count). The molecule has 0 unspecified atom stereocenters. The Labute approximate surface area is 123 Å². The van der Waals surface area contributed by atoms with Gasteiger partial charge in [-0.25, -0.2) is 0 Å². The topological polar surface area (TPSA) is 35.8 Å².